The van der Waals surface area contributed by atoms with Crippen molar-refractivity contribution in [2.75, 3.05) is 71.8 Å². The molecule has 40 heavy (non-hydrogen) atoms. The number of aromatic nitrogens is 1. The molecular formula is C28H36N6O5S. The summed E-state index contributed by atoms with van der Waals surface area (Å²) >= 11 is 0. The minimum Gasteiger partial charge on any atom is -0.493 e. The van der Waals surface area contributed by atoms with Crippen LogP contribution in [0.2, 0.25) is 0 Å². The fourth-order valence-corrected chi connectivity index (χ4v) is 5.89. The van der Waals surface area contributed by atoms with Crippen molar-refractivity contribution in [2.45, 2.75) is 12.8 Å². The fraction of sp³-hybridized carbons (Fsp3) is 0.429. The summed E-state index contributed by atoms with van der Waals surface area (Å²) in [7, 11) is 1.77. The van der Waals surface area contributed by atoms with Gasteiger partial charge in [0.25, 0.3) is 10.0 Å². The number of benzene rings is 2. The molecule has 12 heteroatoms. The number of ether oxygens (including phenoxy) is 3. The first-order valence-electron chi connectivity index (χ1n) is 13.4. The van der Waals surface area contributed by atoms with Gasteiger partial charge in [0.2, 0.25) is 0 Å². The Morgan fingerprint density at radius 2 is 1.80 bits per heavy atom. The smallest absolute Gasteiger partial charge is 0.277 e. The third kappa shape index (κ3) is 6.75. The molecule has 0 atom stereocenters. The lowest BCUT2D eigenvalue weighted by Crippen LogP contribution is -2.44. The number of fused-ring (bicyclic) bond motifs is 1. The number of methoxy groups -OCH3 is 1. The van der Waals surface area contributed by atoms with Crippen molar-refractivity contribution in [2.24, 2.45) is 5.10 Å². The summed E-state index contributed by atoms with van der Waals surface area (Å²) in [4.78, 5) is 9.32. The van der Waals surface area contributed by atoms with Crippen molar-refractivity contribution in [1.29, 1.82) is 0 Å². The summed E-state index contributed by atoms with van der Waals surface area (Å²) in [6.07, 6.45) is 2.96. The standard InChI is InChI=1S/C28H36N6O5S/c1-32-13-15-34(16-14-32)11-5-17-38-27-20-24-23(19-26(27)37-3)25(8-10-29-24)39-22-7-4-6-21(18-22)31-40(35,36)28-9-12-33(2)30-28/h4,6-8,10,18-20,31H,5,9,11-17H2,1-3H3. The van der Waals surface area contributed by atoms with Gasteiger partial charge in [0.05, 0.1) is 24.9 Å². The van der Waals surface area contributed by atoms with E-state index in [0.717, 1.165) is 44.5 Å². The highest BCUT2D eigenvalue weighted by molar-refractivity contribution is 8.07. The predicted octanol–water partition coefficient (Wildman–Crippen LogP) is 3.44. The van der Waals surface area contributed by atoms with Crippen LogP contribution in [0.1, 0.15) is 12.8 Å². The van der Waals surface area contributed by atoms with Crippen LogP contribution >= 0.6 is 0 Å². The Bertz CT molecular complexity index is 1470. The van der Waals surface area contributed by atoms with E-state index in [1.165, 1.54) is 0 Å². The zero-order chi connectivity index (χ0) is 28.1. The molecular weight excluding hydrogens is 532 g/mol. The molecule has 2 aromatic carbocycles. The second kappa shape index (κ2) is 12.3. The number of anilines is 1. The van der Waals surface area contributed by atoms with E-state index >= 15 is 0 Å². The molecule has 3 aromatic rings. The van der Waals surface area contributed by atoms with Crippen LogP contribution < -0.4 is 18.9 Å². The third-order valence-corrected chi connectivity index (χ3v) is 8.43. The Labute approximate surface area is 235 Å². The van der Waals surface area contributed by atoms with Crippen LogP contribution in [0.15, 0.2) is 53.8 Å². The summed E-state index contributed by atoms with van der Waals surface area (Å²) in [5.41, 5.74) is 1.09. The predicted molar refractivity (Wildman–Crippen MR) is 156 cm³/mol. The minimum absolute atomic E-state index is 0.117. The van der Waals surface area contributed by atoms with Crippen LogP contribution in [-0.4, -0.2) is 100 Å². The van der Waals surface area contributed by atoms with Gasteiger partial charge in [-0.1, -0.05) is 6.07 Å². The molecule has 0 saturated carbocycles. The Kier molecular flexibility index (Phi) is 8.57. The van der Waals surface area contributed by atoms with E-state index in [2.05, 4.69) is 31.7 Å². The van der Waals surface area contributed by atoms with Gasteiger partial charge in [0.15, 0.2) is 16.5 Å². The summed E-state index contributed by atoms with van der Waals surface area (Å²) < 4.78 is 46.0. The van der Waals surface area contributed by atoms with Gasteiger partial charge in [-0.3, -0.25) is 14.7 Å². The number of sulfonamides is 1. The highest BCUT2D eigenvalue weighted by Gasteiger charge is 2.25. The molecule has 5 rings (SSSR count). The number of rotatable bonds is 10. The van der Waals surface area contributed by atoms with E-state index in [1.54, 1.807) is 55.7 Å². The average molecular weight is 569 g/mol. The molecule has 1 saturated heterocycles. The lowest BCUT2D eigenvalue weighted by atomic mass is 10.1. The molecule has 3 heterocycles. The topological polar surface area (TPSA) is 109 Å². The SMILES string of the molecule is COc1cc2c(Oc3cccc(NS(=O)(=O)C4=NN(C)CC4)c3)ccnc2cc1OCCCN1CCN(C)CC1. The monoisotopic (exact) mass is 568 g/mol. The largest absolute Gasteiger partial charge is 0.493 e. The second-order valence-electron chi connectivity index (χ2n) is 10.0. The van der Waals surface area contributed by atoms with Crippen molar-refractivity contribution in [3.8, 4) is 23.0 Å². The van der Waals surface area contributed by atoms with Crippen LogP contribution in [0.3, 0.4) is 0 Å². The number of likely N-dealkylation sites (N-methyl/N-ethyl adjacent to an activating group) is 1. The van der Waals surface area contributed by atoms with Crippen molar-refractivity contribution in [3.05, 3.63) is 48.7 Å². The zero-order valence-corrected chi connectivity index (χ0v) is 24.0. The summed E-state index contributed by atoms with van der Waals surface area (Å²) in [6, 6.07) is 12.3. The van der Waals surface area contributed by atoms with Gasteiger partial charge in [-0.25, -0.2) is 0 Å². The van der Waals surface area contributed by atoms with Crippen molar-refractivity contribution < 1.29 is 22.6 Å². The maximum Gasteiger partial charge on any atom is 0.277 e. The van der Waals surface area contributed by atoms with Crippen molar-refractivity contribution >= 4 is 31.7 Å². The van der Waals surface area contributed by atoms with E-state index in [-0.39, 0.29) is 5.04 Å². The summed E-state index contributed by atoms with van der Waals surface area (Å²) in [6.45, 7) is 6.53. The van der Waals surface area contributed by atoms with E-state index in [4.69, 9.17) is 14.2 Å². The first-order valence-corrected chi connectivity index (χ1v) is 14.9. The highest BCUT2D eigenvalue weighted by atomic mass is 32.2. The number of hydrogen-bond donors (Lipinski definition) is 1. The molecule has 2 aliphatic heterocycles. The number of piperazine rings is 1. The van der Waals surface area contributed by atoms with Gasteiger partial charge in [0.1, 0.15) is 11.5 Å². The van der Waals surface area contributed by atoms with Crippen LogP contribution in [0.5, 0.6) is 23.0 Å². The molecule has 1 fully saturated rings. The molecule has 0 bridgehead atoms. The van der Waals surface area contributed by atoms with E-state index in [0.29, 0.717) is 53.8 Å². The van der Waals surface area contributed by atoms with E-state index in [9.17, 15) is 8.42 Å². The molecule has 2 aliphatic rings. The number of nitrogens with one attached hydrogen (secondary N) is 1. The lowest BCUT2D eigenvalue weighted by Gasteiger charge is -2.32. The summed E-state index contributed by atoms with van der Waals surface area (Å²) in [5, 5.41) is 6.57. The molecule has 11 nitrogen and oxygen atoms in total. The third-order valence-electron chi connectivity index (χ3n) is 7.01. The number of hydrogen-bond acceptors (Lipinski definition) is 10. The van der Waals surface area contributed by atoms with Crippen molar-refractivity contribution in [3.63, 3.8) is 0 Å². The Balaban J connectivity index is 1.27. The lowest BCUT2D eigenvalue weighted by molar-refractivity contribution is 0.145. The van der Waals surface area contributed by atoms with Crippen LogP contribution in [0.4, 0.5) is 5.69 Å². The van der Waals surface area contributed by atoms with Crippen LogP contribution in [0, 0.1) is 0 Å². The van der Waals surface area contributed by atoms with Crippen LogP contribution in [-0.2, 0) is 10.0 Å². The molecule has 0 unspecified atom stereocenters. The number of hydrazone groups is 1. The Hall–Kier alpha value is -3.61. The first kappa shape index (κ1) is 27.9. The number of nitrogens with zero attached hydrogens (tertiary/aromatic N) is 5. The average Bonchev–Trinajstić information content (AvgIpc) is 3.39. The Morgan fingerprint density at radius 3 is 2.55 bits per heavy atom. The number of pyridine rings is 1. The first-order chi connectivity index (χ1) is 19.3. The fourth-order valence-electron chi connectivity index (χ4n) is 4.73. The van der Waals surface area contributed by atoms with Gasteiger partial charge < -0.3 is 24.0 Å². The van der Waals surface area contributed by atoms with Gasteiger partial charge in [-0.15, -0.1) is 0 Å². The van der Waals surface area contributed by atoms with Gasteiger partial charge in [-0.2, -0.15) is 13.5 Å². The van der Waals surface area contributed by atoms with Gasteiger partial charge in [-0.05, 0) is 37.7 Å². The van der Waals surface area contributed by atoms with Crippen LogP contribution in [0.25, 0.3) is 10.9 Å². The molecule has 214 valence electrons. The highest BCUT2D eigenvalue weighted by Crippen LogP contribution is 2.37. The quantitative estimate of drug-likeness (QED) is 0.368. The minimum atomic E-state index is -3.74. The zero-order valence-electron chi connectivity index (χ0n) is 23.2. The van der Waals surface area contributed by atoms with Gasteiger partial charge in [0, 0.05) is 76.5 Å². The molecule has 0 amide bonds. The Morgan fingerprint density at radius 1 is 0.975 bits per heavy atom. The molecule has 0 spiro atoms. The molecule has 1 aromatic heterocycles. The van der Waals surface area contributed by atoms with E-state index in [1.807, 2.05) is 12.1 Å². The normalized spacial score (nSPS) is 16.7. The molecule has 0 radical (unpaired) electrons. The molecule has 1 N–H and O–H groups in total. The maximum atomic E-state index is 12.7. The maximum absolute atomic E-state index is 12.7. The van der Waals surface area contributed by atoms with Crippen molar-refractivity contribution in [1.82, 2.24) is 19.8 Å². The van der Waals surface area contributed by atoms with E-state index < -0.39 is 10.0 Å². The van der Waals surface area contributed by atoms with Gasteiger partial charge >= 0.3 is 0 Å². The molecule has 0 aliphatic carbocycles. The summed E-state index contributed by atoms with van der Waals surface area (Å²) in [5.74, 6) is 2.26. The second-order valence-corrected chi connectivity index (χ2v) is 11.7.